The molecule has 0 aliphatic carbocycles. The number of carbonyl (C=O) groups excluding carboxylic acids is 1. The van der Waals surface area contributed by atoms with E-state index in [1.807, 2.05) is 0 Å². The molecule has 1 saturated heterocycles. The Morgan fingerprint density at radius 3 is 3.20 bits per heavy atom. The number of aromatic nitrogens is 1. The van der Waals surface area contributed by atoms with Gasteiger partial charge in [-0.25, -0.2) is 9.78 Å². The summed E-state index contributed by atoms with van der Waals surface area (Å²) in [7, 11) is 1.60. The maximum Gasteiger partial charge on any atom is 0.410 e. The van der Waals surface area contributed by atoms with Crippen molar-refractivity contribution in [1.29, 1.82) is 0 Å². The Hall–Kier alpha value is -1.65. The second-order valence-electron chi connectivity index (χ2n) is 3.41. The number of amides is 1. The molecule has 0 aromatic carbocycles. The lowest BCUT2D eigenvalue weighted by molar-refractivity contribution is 0.0548. The molecule has 4 nitrogen and oxygen atoms in total. The van der Waals surface area contributed by atoms with E-state index >= 15 is 0 Å². The van der Waals surface area contributed by atoms with Gasteiger partial charge in [-0.3, -0.25) is 0 Å². The lowest BCUT2D eigenvalue weighted by Crippen LogP contribution is -2.37. The average Bonchev–Trinajstić information content (AvgIpc) is 2.23. The molecular weight excluding hydrogens is 199 g/mol. The molecule has 2 rings (SSSR count). The van der Waals surface area contributed by atoms with Crippen LogP contribution in [0.2, 0.25) is 0 Å². The highest BCUT2D eigenvalue weighted by molar-refractivity contribution is 5.68. The third kappa shape index (κ3) is 1.77. The predicted molar refractivity (Wildman–Crippen MR) is 50.7 cm³/mol. The molecule has 1 aromatic heterocycles. The Labute approximate surface area is 86.7 Å². The van der Waals surface area contributed by atoms with Crippen LogP contribution in [0.1, 0.15) is 18.0 Å². The molecule has 5 heteroatoms. The van der Waals surface area contributed by atoms with E-state index in [1.165, 1.54) is 11.1 Å². The van der Waals surface area contributed by atoms with Gasteiger partial charge in [-0.15, -0.1) is 0 Å². The average molecular weight is 210 g/mol. The van der Waals surface area contributed by atoms with Crippen LogP contribution in [0.5, 0.6) is 0 Å². The Kier molecular flexibility index (Phi) is 2.53. The summed E-state index contributed by atoms with van der Waals surface area (Å²) in [5, 5.41) is 0. The van der Waals surface area contributed by atoms with Crippen molar-refractivity contribution in [3.8, 4) is 0 Å². The summed E-state index contributed by atoms with van der Waals surface area (Å²) in [4.78, 5) is 16.2. The monoisotopic (exact) mass is 210 g/mol. The summed E-state index contributed by atoms with van der Waals surface area (Å²) in [5.41, 5.74) is 0.441. The van der Waals surface area contributed by atoms with Crippen LogP contribution in [-0.4, -0.2) is 29.6 Å². The van der Waals surface area contributed by atoms with Gasteiger partial charge >= 0.3 is 6.09 Å². The van der Waals surface area contributed by atoms with Crippen LogP contribution in [0, 0.1) is 5.95 Å². The molecular formula is C10H11FN2O2. The molecule has 1 aliphatic rings. The Morgan fingerprint density at radius 1 is 1.67 bits per heavy atom. The second-order valence-corrected chi connectivity index (χ2v) is 3.41. The van der Waals surface area contributed by atoms with Gasteiger partial charge in [0.25, 0.3) is 0 Å². The van der Waals surface area contributed by atoms with Gasteiger partial charge < -0.3 is 9.64 Å². The van der Waals surface area contributed by atoms with Gasteiger partial charge in [0.2, 0.25) is 5.95 Å². The highest BCUT2D eigenvalue weighted by Crippen LogP contribution is 2.27. The van der Waals surface area contributed by atoms with Crippen molar-refractivity contribution in [2.75, 3.05) is 13.7 Å². The maximum atomic E-state index is 13.4. The lowest BCUT2D eigenvalue weighted by Gasteiger charge is -2.31. The summed E-state index contributed by atoms with van der Waals surface area (Å²) < 4.78 is 18.2. The molecule has 0 spiro atoms. The zero-order valence-corrected chi connectivity index (χ0v) is 8.31. The van der Waals surface area contributed by atoms with Crippen LogP contribution >= 0.6 is 0 Å². The van der Waals surface area contributed by atoms with Crippen LogP contribution in [0.15, 0.2) is 18.3 Å². The van der Waals surface area contributed by atoms with Gasteiger partial charge in [0.15, 0.2) is 0 Å². The van der Waals surface area contributed by atoms with Crippen molar-refractivity contribution in [2.24, 2.45) is 0 Å². The van der Waals surface area contributed by atoms with E-state index in [0.29, 0.717) is 18.6 Å². The molecule has 80 valence electrons. The minimum absolute atomic E-state index is 0.278. The van der Waals surface area contributed by atoms with Crippen molar-refractivity contribution in [2.45, 2.75) is 12.5 Å². The third-order valence-electron chi connectivity index (χ3n) is 2.52. The molecule has 0 bridgehead atoms. The highest BCUT2D eigenvalue weighted by Gasteiger charge is 2.29. The van der Waals surface area contributed by atoms with E-state index in [9.17, 15) is 9.18 Å². The first-order valence-corrected chi connectivity index (χ1v) is 4.70. The fraction of sp³-hybridized carbons (Fsp3) is 0.400. The molecule has 1 amide bonds. The summed E-state index contributed by atoms with van der Waals surface area (Å²) in [6.45, 7) is 0.322. The van der Waals surface area contributed by atoms with Gasteiger partial charge in [0, 0.05) is 25.2 Å². The maximum absolute atomic E-state index is 13.4. The zero-order chi connectivity index (χ0) is 10.8. The Bertz CT molecular complexity index is 383. The number of hydrogen-bond donors (Lipinski definition) is 0. The summed E-state index contributed by atoms with van der Waals surface area (Å²) in [6, 6.07) is 3.02. The van der Waals surface area contributed by atoms with E-state index in [4.69, 9.17) is 4.74 Å². The van der Waals surface area contributed by atoms with Crippen molar-refractivity contribution in [3.05, 3.63) is 29.8 Å². The van der Waals surface area contributed by atoms with Gasteiger partial charge in [-0.2, -0.15) is 4.39 Å². The van der Waals surface area contributed by atoms with E-state index in [-0.39, 0.29) is 6.04 Å². The highest BCUT2D eigenvalue weighted by atomic mass is 19.1. The number of rotatable bonds is 1. The van der Waals surface area contributed by atoms with Gasteiger partial charge in [-0.1, -0.05) is 6.07 Å². The minimum atomic E-state index is -0.524. The minimum Gasteiger partial charge on any atom is -0.449 e. The van der Waals surface area contributed by atoms with Gasteiger partial charge in [-0.05, 0) is 6.07 Å². The molecule has 2 heterocycles. The van der Waals surface area contributed by atoms with E-state index in [1.54, 1.807) is 19.2 Å². The molecule has 0 saturated carbocycles. The number of carbonyl (C=O) groups is 1. The smallest absolute Gasteiger partial charge is 0.410 e. The van der Waals surface area contributed by atoms with Crippen LogP contribution in [0.3, 0.4) is 0 Å². The fourth-order valence-corrected chi connectivity index (χ4v) is 1.69. The first kappa shape index (κ1) is 9.89. The number of ether oxygens (including phenoxy) is 1. The molecule has 15 heavy (non-hydrogen) atoms. The molecule has 0 N–H and O–H groups in total. The van der Waals surface area contributed by atoms with Crippen LogP contribution < -0.4 is 0 Å². The van der Waals surface area contributed by atoms with E-state index in [0.717, 1.165) is 0 Å². The third-order valence-corrected chi connectivity index (χ3v) is 2.52. The SMILES string of the molecule is CN1C(=O)OCCC1c1cccnc1F. The van der Waals surface area contributed by atoms with Crippen LogP contribution in [0.25, 0.3) is 0 Å². The van der Waals surface area contributed by atoms with Gasteiger partial charge in [0.05, 0.1) is 12.6 Å². The Balaban J connectivity index is 2.30. The topological polar surface area (TPSA) is 42.4 Å². The molecule has 1 aliphatic heterocycles. The number of nitrogens with zero attached hydrogens (tertiary/aromatic N) is 2. The molecule has 1 unspecified atom stereocenters. The number of pyridine rings is 1. The van der Waals surface area contributed by atoms with Crippen LogP contribution in [-0.2, 0) is 4.74 Å². The first-order valence-electron chi connectivity index (χ1n) is 4.70. The normalized spacial score (nSPS) is 21.3. The first-order chi connectivity index (χ1) is 7.20. The standard InChI is InChI=1S/C10H11FN2O2/c1-13-8(4-6-15-10(13)14)7-3-2-5-12-9(7)11/h2-3,5,8H,4,6H2,1H3. The van der Waals surface area contributed by atoms with Crippen molar-refractivity contribution >= 4 is 6.09 Å². The van der Waals surface area contributed by atoms with E-state index in [2.05, 4.69) is 4.98 Å². The molecule has 1 fully saturated rings. The summed E-state index contributed by atoms with van der Waals surface area (Å²) >= 11 is 0. The van der Waals surface area contributed by atoms with Crippen molar-refractivity contribution in [1.82, 2.24) is 9.88 Å². The molecule has 0 radical (unpaired) electrons. The summed E-state index contributed by atoms with van der Waals surface area (Å²) in [5.74, 6) is -0.524. The van der Waals surface area contributed by atoms with Crippen LogP contribution in [0.4, 0.5) is 9.18 Å². The van der Waals surface area contributed by atoms with Crippen molar-refractivity contribution in [3.63, 3.8) is 0 Å². The van der Waals surface area contributed by atoms with Gasteiger partial charge in [0.1, 0.15) is 0 Å². The molecule has 1 atom stereocenters. The number of cyclic esters (lactones) is 1. The quantitative estimate of drug-likeness (QED) is 0.663. The lowest BCUT2D eigenvalue weighted by atomic mass is 10.0. The largest absolute Gasteiger partial charge is 0.449 e. The predicted octanol–water partition coefficient (Wildman–Crippen LogP) is 1.73. The number of hydrogen-bond acceptors (Lipinski definition) is 3. The fourth-order valence-electron chi connectivity index (χ4n) is 1.69. The van der Waals surface area contributed by atoms with Crippen molar-refractivity contribution < 1.29 is 13.9 Å². The Morgan fingerprint density at radius 2 is 2.47 bits per heavy atom. The number of halogens is 1. The van der Waals surface area contributed by atoms with E-state index < -0.39 is 12.0 Å². The zero-order valence-electron chi connectivity index (χ0n) is 8.31. The second kappa shape index (κ2) is 3.84. The summed E-state index contributed by atoms with van der Waals surface area (Å²) in [6.07, 6.45) is 1.56. The molecule has 1 aromatic rings.